The van der Waals surface area contributed by atoms with Gasteiger partial charge in [-0.15, -0.1) is 0 Å². The summed E-state index contributed by atoms with van der Waals surface area (Å²) in [5, 5.41) is 0. The van der Waals surface area contributed by atoms with Gasteiger partial charge in [0.1, 0.15) is 13.2 Å². The van der Waals surface area contributed by atoms with E-state index in [4.69, 9.17) is 14.2 Å². The van der Waals surface area contributed by atoms with Gasteiger partial charge in [-0.2, -0.15) is 0 Å². The number of unbranched alkanes of at least 4 members (excludes halogenated alkanes) is 24. The Labute approximate surface area is 426 Å². The van der Waals surface area contributed by atoms with Crippen molar-refractivity contribution < 1.29 is 28.6 Å². The number of carbonyl (C=O) groups excluding carboxylic acids is 3. The van der Waals surface area contributed by atoms with Crippen LogP contribution in [-0.2, 0) is 28.6 Å². The average molecular weight is 960 g/mol. The Morgan fingerprint density at radius 3 is 0.884 bits per heavy atom. The molecule has 0 spiro atoms. The maximum atomic E-state index is 12.8. The second kappa shape index (κ2) is 56.9. The van der Waals surface area contributed by atoms with E-state index < -0.39 is 6.10 Å². The van der Waals surface area contributed by atoms with Crippen LogP contribution in [0.25, 0.3) is 0 Å². The van der Waals surface area contributed by atoms with Crippen molar-refractivity contribution in [3.05, 3.63) is 97.2 Å². The Balaban J connectivity index is 4.29. The summed E-state index contributed by atoms with van der Waals surface area (Å²) < 4.78 is 16.8. The third-order valence-corrected chi connectivity index (χ3v) is 12.0. The minimum Gasteiger partial charge on any atom is -0.462 e. The smallest absolute Gasteiger partial charge is 0.306 e. The molecule has 0 rings (SSSR count). The molecule has 0 amide bonds. The van der Waals surface area contributed by atoms with Crippen LogP contribution in [0.3, 0.4) is 0 Å². The summed E-state index contributed by atoms with van der Waals surface area (Å²) in [5.41, 5.74) is 0. The third-order valence-electron chi connectivity index (χ3n) is 12.0. The zero-order valence-electron chi connectivity index (χ0n) is 45.0. The van der Waals surface area contributed by atoms with Crippen molar-refractivity contribution in [2.24, 2.45) is 0 Å². The number of esters is 3. The van der Waals surface area contributed by atoms with Gasteiger partial charge in [0, 0.05) is 19.3 Å². The summed E-state index contributed by atoms with van der Waals surface area (Å²) in [5.74, 6) is -0.918. The van der Waals surface area contributed by atoms with Gasteiger partial charge in [0.05, 0.1) is 0 Å². The monoisotopic (exact) mass is 959 g/mol. The zero-order chi connectivity index (χ0) is 50.0. The molecule has 0 bridgehead atoms. The van der Waals surface area contributed by atoms with Crippen LogP contribution < -0.4 is 0 Å². The Kier molecular flexibility index (Phi) is 53.9. The highest BCUT2D eigenvalue weighted by molar-refractivity contribution is 5.71. The lowest BCUT2D eigenvalue weighted by Crippen LogP contribution is -2.30. The van der Waals surface area contributed by atoms with E-state index >= 15 is 0 Å². The van der Waals surface area contributed by atoms with E-state index in [1.807, 2.05) is 0 Å². The van der Waals surface area contributed by atoms with E-state index in [-0.39, 0.29) is 31.1 Å². The molecule has 0 radical (unpaired) electrons. The van der Waals surface area contributed by atoms with Crippen LogP contribution in [-0.4, -0.2) is 37.2 Å². The second-order valence-corrected chi connectivity index (χ2v) is 18.8. The quantitative estimate of drug-likeness (QED) is 0.0262. The molecule has 0 fully saturated rings. The number of ether oxygens (including phenoxy) is 3. The lowest BCUT2D eigenvalue weighted by molar-refractivity contribution is -0.167. The highest BCUT2D eigenvalue weighted by atomic mass is 16.6. The fourth-order valence-electron chi connectivity index (χ4n) is 7.74. The molecule has 0 aromatic carbocycles. The number of hydrogen-bond acceptors (Lipinski definition) is 6. The van der Waals surface area contributed by atoms with Crippen molar-refractivity contribution in [3.63, 3.8) is 0 Å². The predicted molar refractivity (Wildman–Crippen MR) is 297 cm³/mol. The van der Waals surface area contributed by atoms with Crippen molar-refractivity contribution in [1.82, 2.24) is 0 Å². The van der Waals surface area contributed by atoms with Crippen molar-refractivity contribution in [2.45, 2.75) is 271 Å². The van der Waals surface area contributed by atoms with Crippen LogP contribution in [0.1, 0.15) is 265 Å². The summed E-state index contributed by atoms with van der Waals surface area (Å²) in [4.78, 5) is 38.1. The molecule has 1 unspecified atom stereocenters. The molecular formula is C63H106O6. The first-order chi connectivity index (χ1) is 34.0. The Morgan fingerprint density at radius 1 is 0.304 bits per heavy atom. The molecule has 0 N–H and O–H groups in total. The third kappa shape index (κ3) is 55.1. The van der Waals surface area contributed by atoms with Gasteiger partial charge in [0.15, 0.2) is 6.10 Å². The van der Waals surface area contributed by atoms with Gasteiger partial charge in [0.2, 0.25) is 0 Å². The minimum absolute atomic E-state index is 0.0888. The average Bonchev–Trinajstić information content (AvgIpc) is 3.35. The highest BCUT2D eigenvalue weighted by Gasteiger charge is 2.19. The molecule has 0 aromatic rings. The normalized spacial score (nSPS) is 12.8. The van der Waals surface area contributed by atoms with E-state index in [2.05, 4.69) is 118 Å². The van der Waals surface area contributed by atoms with Gasteiger partial charge in [-0.05, 0) is 109 Å². The molecule has 0 aromatic heterocycles. The van der Waals surface area contributed by atoms with Crippen molar-refractivity contribution in [2.75, 3.05) is 13.2 Å². The first-order valence-corrected chi connectivity index (χ1v) is 28.7. The standard InChI is InChI=1S/C63H106O6/c1-4-7-10-13-16-19-22-25-26-27-28-29-30-31-32-33-34-35-36-39-41-44-47-50-53-56-62(65)68-59-60(69-63(66)57-54-51-48-45-42-38-24-21-18-15-12-9-6-3)58-67-61(64)55-52-49-46-43-40-37-23-20-17-14-11-8-5-2/h7,10-12,14-16,19-21,23-26,28-29,60H,4-6,8-9,13,17-18,22,27,30-59H2,1-3H3/b10-7-,14-11-,15-12-,19-16-,23-20-,24-21-,26-25-,29-28-. The van der Waals surface area contributed by atoms with Crippen LogP contribution >= 0.6 is 0 Å². The second-order valence-electron chi connectivity index (χ2n) is 18.8. The number of hydrogen-bond donors (Lipinski definition) is 0. The fraction of sp³-hybridized carbons (Fsp3) is 0.698. The molecule has 1 atom stereocenters. The van der Waals surface area contributed by atoms with Gasteiger partial charge in [0.25, 0.3) is 0 Å². The molecule has 0 saturated carbocycles. The zero-order valence-corrected chi connectivity index (χ0v) is 45.0. The molecular weight excluding hydrogens is 853 g/mol. The minimum atomic E-state index is -0.791. The van der Waals surface area contributed by atoms with Crippen LogP contribution in [0, 0.1) is 0 Å². The topological polar surface area (TPSA) is 78.9 Å². The Bertz CT molecular complexity index is 1380. The largest absolute Gasteiger partial charge is 0.462 e. The first-order valence-electron chi connectivity index (χ1n) is 28.7. The summed E-state index contributed by atoms with van der Waals surface area (Å²) >= 11 is 0. The number of rotatable bonds is 51. The first kappa shape index (κ1) is 65.3. The van der Waals surface area contributed by atoms with E-state index in [9.17, 15) is 14.4 Å². The highest BCUT2D eigenvalue weighted by Crippen LogP contribution is 2.15. The van der Waals surface area contributed by atoms with E-state index in [0.29, 0.717) is 19.3 Å². The molecule has 69 heavy (non-hydrogen) atoms. The molecule has 0 saturated heterocycles. The Hall–Kier alpha value is -3.67. The van der Waals surface area contributed by atoms with Gasteiger partial charge < -0.3 is 14.2 Å². The van der Waals surface area contributed by atoms with Crippen LogP contribution in [0.2, 0.25) is 0 Å². The Morgan fingerprint density at radius 2 is 0.565 bits per heavy atom. The molecule has 0 aliphatic carbocycles. The summed E-state index contributed by atoms with van der Waals surface area (Å²) in [6, 6.07) is 0. The molecule has 0 aliphatic rings. The van der Waals surface area contributed by atoms with Crippen molar-refractivity contribution >= 4 is 17.9 Å². The molecule has 6 heteroatoms. The van der Waals surface area contributed by atoms with E-state index in [1.54, 1.807) is 0 Å². The predicted octanol–water partition coefficient (Wildman–Crippen LogP) is 19.3. The molecule has 394 valence electrons. The lowest BCUT2D eigenvalue weighted by Gasteiger charge is -2.18. The van der Waals surface area contributed by atoms with E-state index in [1.165, 1.54) is 77.0 Å². The van der Waals surface area contributed by atoms with E-state index in [0.717, 1.165) is 148 Å². The van der Waals surface area contributed by atoms with Crippen LogP contribution in [0.4, 0.5) is 0 Å². The molecule has 6 nitrogen and oxygen atoms in total. The maximum absolute atomic E-state index is 12.8. The number of carbonyl (C=O) groups is 3. The summed E-state index contributed by atoms with van der Waals surface area (Å²) in [6.45, 7) is 6.38. The lowest BCUT2D eigenvalue weighted by atomic mass is 10.0. The molecule has 0 aliphatic heterocycles. The van der Waals surface area contributed by atoms with Gasteiger partial charge in [-0.1, -0.05) is 234 Å². The van der Waals surface area contributed by atoms with Crippen molar-refractivity contribution in [3.8, 4) is 0 Å². The maximum Gasteiger partial charge on any atom is 0.306 e. The molecule has 0 heterocycles. The van der Waals surface area contributed by atoms with Crippen LogP contribution in [0.5, 0.6) is 0 Å². The van der Waals surface area contributed by atoms with Gasteiger partial charge in [-0.25, -0.2) is 0 Å². The summed E-state index contributed by atoms with van der Waals surface area (Å²) in [7, 11) is 0. The van der Waals surface area contributed by atoms with Gasteiger partial charge in [-0.3, -0.25) is 14.4 Å². The van der Waals surface area contributed by atoms with Crippen LogP contribution in [0.15, 0.2) is 97.2 Å². The SMILES string of the molecule is CC/C=C\C/C=C\C/C=C\C/C=C\CCCCCCCCCCCCCCC(=O)OCC(COC(=O)CCCCCCC/C=C\C/C=C\CCC)OC(=O)CCCCCCC/C=C\C/C=C\CCC. The summed E-state index contributed by atoms with van der Waals surface area (Å²) in [6.07, 6.45) is 75.5. The van der Waals surface area contributed by atoms with Gasteiger partial charge >= 0.3 is 17.9 Å². The fourth-order valence-corrected chi connectivity index (χ4v) is 7.74. The van der Waals surface area contributed by atoms with Crippen molar-refractivity contribution in [1.29, 1.82) is 0 Å². The number of allylic oxidation sites excluding steroid dienone is 16.